The fourth-order valence-electron chi connectivity index (χ4n) is 1.11. The fourth-order valence-corrected chi connectivity index (χ4v) is 1.11. The normalized spacial score (nSPS) is 10.5. The molecule has 1 N–H and O–H groups in total. The molecule has 0 saturated carbocycles. The molecule has 2 nitrogen and oxygen atoms in total. The van der Waals surface area contributed by atoms with E-state index < -0.39 is 5.97 Å². The predicted octanol–water partition coefficient (Wildman–Crippen LogP) is 2.68. The van der Waals surface area contributed by atoms with Crippen molar-refractivity contribution in [3.63, 3.8) is 0 Å². The van der Waals surface area contributed by atoms with Gasteiger partial charge in [-0.3, -0.25) is 0 Å². The molecule has 0 amide bonds. The molecule has 0 aliphatic carbocycles. The number of rotatable bonds is 1. The molecule has 0 unspecified atom stereocenters. The smallest absolute Gasteiger partial charge is 0.335 e. The second-order valence-electron chi connectivity index (χ2n) is 4.13. The number of aromatic carboxylic acids is 1. The van der Waals surface area contributed by atoms with Crippen molar-refractivity contribution < 1.29 is 27.3 Å². The third-order valence-electron chi connectivity index (χ3n) is 2.00. The zero-order valence-corrected chi connectivity index (χ0v) is 9.85. The summed E-state index contributed by atoms with van der Waals surface area (Å²) in [6, 6.07) is 7.01. The van der Waals surface area contributed by atoms with Crippen LogP contribution in [0, 0.1) is 0 Å². The van der Waals surface area contributed by atoms with Crippen molar-refractivity contribution in [1.82, 2.24) is 0 Å². The Morgan fingerprint density at radius 3 is 1.86 bits per heavy atom. The molecule has 3 heteroatoms. The quantitative estimate of drug-likeness (QED) is 0.805. The summed E-state index contributed by atoms with van der Waals surface area (Å²) in [5.74, 6) is -0.875. The van der Waals surface area contributed by atoms with Crippen LogP contribution in [0.2, 0.25) is 0 Å². The summed E-state index contributed by atoms with van der Waals surface area (Å²) >= 11 is 0. The van der Waals surface area contributed by atoms with Crippen LogP contribution in [0.4, 0.5) is 0 Å². The molecule has 0 atom stereocenters. The Morgan fingerprint density at radius 1 is 1.14 bits per heavy atom. The van der Waals surface area contributed by atoms with Crippen LogP contribution in [0.1, 0.15) is 36.7 Å². The van der Waals surface area contributed by atoms with Gasteiger partial charge in [0.1, 0.15) is 0 Å². The molecular weight excluding hydrogens is 216 g/mol. The van der Waals surface area contributed by atoms with Gasteiger partial charge in [0.05, 0.1) is 5.56 Å². The van der Waals surface area contributed by atoms with E-state index in [1.54, 1.807) is 12.1 Å². The van der Waals surface area contributed by atoms with Gasteiger partial charge in [-0.2, -0.15) is 0 Å². The minimum Gasteiger partial charge on any atom is -0.478 e. The van der Waals surface area contributed by atoms with E-state index in [4.69, 9.17) is 5.11 Å². The van der Waals surface area contributed by atoms with Gasteiger partial charge in [-0.1, -0.05) is 32.9 Å². The summed E-state index contributed by atoms with van der Waals surface area (Å²) in [7, 11) is 0. The van der Waals surface area contributed by atoms with Crippen LogP contribution in [-0.4, -0.2) is 11.1 Å². The Morgan fingerprint density at radius 2 is 1.57 bits per heavy atom. The number of hydrogen-bond donors (Lipinski definition) is 1. The predicted molar refractivity (Wildman–Crippen MR) is 52.1 cm³/mol. The molecule has 0 fully saturated rings. The Labute approximate surface area is 95.1 Å². The maximum atomic E-state index is 10.6. The van der Waals surface area contributed by atoms with Gasteiger partial charge in [-0.05, 0) is 23.1 Å². The zero-order chi connectivity index (χ0) is 10.1. The molecule has 0 radical (unpaired) electrons. The summed E-state index contributed by atoms with van der Waals surface area (Å²) in [5, 5.41) is 8.68. The van der Waals surface area contributed by atoms with Gasteiger partial charge in [-0.15, -0.1) is 0 Å². The zero-order valence-electron chi connectivity index (χ0n) is 8.57. The van der Waals surface area contributed by atoms with Crippen molar-refractivity contribution in [3.05, 3.63) is 35.4 Å². The van der Waals surface area contributed by atoms with E-state index in [1.807, 2.05) is 12.1 Å². The molecule has 0 bridgehead atoms. The maximum absolute atomic E-state index is 10.6. The number of hydrogen-bond acceptors (Lipinski definition) is 1. The first-order valence-corrected chi connectivity index (χ1v) is 4.25. The minimum atomic E-state index is -0.875. The van der Waals surface area contributed by atoms with E-state index in [-0.39, 0.29) is 22.8 Å². The molecule has 0 aliphatic rings. The van der Waals surface area contributed by atoms with Crippen molar-refractivity contribution in [2.24, 2.45) is 0 Å². The van der Waals surface area contributed by atoms with Crippen molar-refractivity contribution in [3.8, 4) is 0 Å². The summed E-state index contributed by atoms with van der Waals surface area (Å²) in [6.07, 6.45) is 0. The monoisotopic (exact) mass is 230 g/mol. The second-order valence-corrected chi connectivity index (χ2v) is 4.13. The average Bonchev–Trinajstić information content (AvgIpc) is 2.03. The largest absolute Gasteiger partial charge is 0.478 e. The molecule has 0 saturated heterocycles. The standard InChI is InChI=1S/C11H14O2.Cr/c1-11(2,3)9-6-4-8(5-7-9)10(12)13;/h4-7H,1-3H3,(H,12,13);. The van der Waals surface area contributed by atoms with Gasteiger partial charge in [0.2, 0.25) is 0 Å². The average molecular weight is 230 g/mol. The number of benzene rings is 1. The maximum Gasteiger partial charge on any atom is 0.335 e. The van der Waals surface area contributed by atoms with Gasteiger partial charge in [0.15, 0.2) is 0 Å². The van der Waals surface area contributed by atoms with Crippen molar-refractivity contribution >= 4 is 5.97 Å². The first-order valence-electron chi connectivity index (χ1n) is 4.25. The summed E-state index contributed by atoms with van der Waals surface area (Å²) in [4.78, 5) is 10.6. The van der Waals surface area contributed by atoms with Gasteiger partial charge in [0, 0.05) is 17.4 Å². The van der Waals surface area contributed by atoms with E-state index in [0.717, 1.165) is 5.56 Å². The molecule has 1 aromatic rings. The van der Waals surface area contributed by atoms with Gasteiger partial charge in [-0.25, -0.2) is 4.79 Å². The molecule has 14 heavy (non-hydrogen) atoms. The summed E-state index contributed by atoms with van der Waals surface area (Å²) in [5.41, 5.74) is 1.57. The van der Waals surface area contributed by atoms with Crippen LogP contribution in [0.3, 0.4) is 0 Å². The Bertz CT molecular complexity index is 309. The first-order chi connectivity index (χ1) is 5.91. The van der Waals surface area contributed by atoms with E-state index in [1.165, 1.54) is 0 Å². The second kappa shape index (κ2) is 4.64. The fraction of sp³-hybridized carbons (Fsp3) is 0.364. The van der Waals surface area contributed by atoms with Gasteiger partial charge in [0.25, 0.3) is 0 Å². The molecular formula is C11H14CrO2. The van der Waals surface area contributed by atoms with E-state index in [9.17, 15) is 4.79 Å². The molecule has 1 aromatic carbocycles. The van der Waals surface area contributed by atoms with E-state index >= 15 is 0 Å². The van der Waals surface area contributed by atoms with Crippen LogP contribution in [0.25, 0.3) is 0 Å². The van der Waals surface area contributed by atoms with Crippen LogP contribution < -0.4 is 0 Å². The van der Waals surface area contributed by atoms with Gasteiger partial charge < -0.3 is 5.11 Å². The Kier molecular flexibility index (Phi) is 4.38. The topological polar surface area (TPSA) is 37.3 Å². The third-order valence-corrected chi connectivity index (χ3v) is 2.00. The molecule has 0 aliphatic heterocycles. The van der Waals surface area contributed by atoms with Crippen LogP contribution in [0.15, 0.2) is 24.3 Å². The Hall–Kier alpha value is -0.778. The number of carbonyl (C=O) groups is 1. The number of carboxylic acids is 1. The summed E-state index contributed by atoms with van der Waals surface area (Å²) < 4.78 is 0. The third kappa shape index (κ3) is 3.17. The van der Waals surface area contributed by atoms with Crippen molar-refractivity contribution in [2.45, 2.75) is 26.2 Å². The van der Waals surface area contributed by atoms with Crippen molar-refractivity contribution in [1.29, 1.82) is 0 Å². The summed E-state index contributed by atoms with van der Waals surface area (Å²) in [6.45, 7) is 6.30. The molecule has 1 rings (SSSR count). The van der Waals surface area contributed by atoms with Crippen LogP contribution in [-0.2, 0) is 22.8 Å². The molecule has 0 spiro atoms. The van der Waals surface area contributed by atoms with Crippen LogP contribution in [0.5, 0.6) is 0 Å². The van der Waals surface area contributed by atoms with E-state index in [0.29, 0.717) is 5.56 Å². The molecule has 0 aromatic heterocycles. The minimum absolute atomic E-state index is 0. The van der Waals surface area contributed by atoms with Gasteiger partial charge >= 0.3 is 5.97 Å². The first kappa shape index (κ1) is 13.2. The SMILES string of the molecule is CC(C)(C)c1ccc(C(=O)O)cc1.[Cr]. The number of carboxylic acid groups (broad SMARTS) is 1. The molecule has 0 heterocycles. The van der Waals surface area contributed by atoms with Crippen molar-refractivity contribution in [2.75, 3.05) is 0 Å². The van der Waals surface area contributed by atoms with E-state index in [2.05, 4.69) is 20.8 Å². The Balaban J connectivity index is 0.00000169. The molecule has 76 valence electrons. The van der Waals surface area contributed by atoms with Crippen LogP contribution >= 0.6 is 0 Å².